The third-order valence-corrected chi connectivity index (χ3v) is 5.50. The second-order valence-electron chi connectivity index (χ2n) is 6.59. The molecule has 0 radical (unpaired) electrons. The molecular weight excluding hydrogens is 364 g/mol. The average Bonchev–Trinajstić information content (AvgIpc) is 2.65. The van der Waals surface area contributed by atoms with E-state index in [1.165, 1.54) is 17.8 Å². The molecule has 1 saturated heterocycles. The van der Waals surface area contributed by atoms with E-state index >= 15 is 0 Å². The van der Waals surface area contributed by atoms with Crippen molar-refractivity contribution in [1.29, 1.82) is 0 Å². The summed E-state index contributed by atoms with van der Waals surface area (Å²) in [6.07, 6.45) is 0. The van der Waals surface area contributed by atoms with Crippen LogP contribution in [-0.4, -0.2) is 54.0 Å². The van der Waals surface area contributed by atoms with Gasteiger partial charge in [0.2, 0.25) is 0 Å². The van der Waals surface area contributed by atoms with Gasteiger partial charge >= 0.3 is 0 Å². The predicted octanol–water partition coefficient (Wildman–Crippen LogP) is 2.95. The van der Waals surface area contributed by atoms with Gasteiger partial charge in [-0.3, -0.25) is 20.3 Å². The lowest BCUT2D eigenvalue weighted by Crippen LogP contribution is -2.52. The Kier molecular flexibility index (Phi) is 6.10. The van der Waals surface area contributed by atoms with Gasteiger partial charge in [0.05, 0.1) is 9.82 Å². The van der Waals surface area contributed by atoms with Crippen LogP contribution in [0.2, 0.25) is 0 Å². The lowest BCUT2D eigenvalue weighted by atomic mass is 10.2. The second kappa shape index (κ2) is 8.51. The molecule has 0 aromatic heterocycles. The number of amides is 1. The van der Waals surface area contributed by atoms with Crippen molar-refractivity contribution >= 4 is 23.4 Å². The topological polar surface area (TPSA) is 78.7 Å². The van der Waals surface area contributed by atoms with Crippen molar-refractivity contribution < 1.29 is 9.72 Å². The van der Waals surface area contributed by atoms with Gasteiger partial charge < -0.3 is 4.90 Å². The minimum absolute atomic E-state index is 0.0633. The summed E-state index contributed by atoms with van der Waals surface area (Å²) >= 11 is 1.32. The maximum atomic E-state index is 12.5. The lowest BCUT2D eigenvalue weighted by molar-refractivity contribution is -0.387. The van der Waals surface area contributed by atoms with E-state index in [0.717, 1.165) is 36.6 Å². The summed E-state index contributed by atoms with van der Waals surface area (Å²) < 4.78 is 0. The first kappa shape index (κ1) is 19.3. The minimum atomic E-state index is -0.441. The van der Waals surface area contributed by atoms with E-state index in [9.17, 15) is 14.9 Å². The Balaban J connectivity index is 1.75. The first-order valence-electron chi connectivity index (χ1n) is 8.70. The van der Waals surface area contributed by atoms with Crippen LogP contribution in [0.5, 0.6) is 0 Å². The van der Waals surface area contributed by atoms with Gasteiger partial charge in [-0.1, -0.05) is 29.5 Å². The molecule has 8 heteroatoms. The van der Waals surface area contributed by atoms with Crippen molar-refractivity contribution in [2.24, 2.45) is 0 Å². The number of likely N-dealkylation sites (N-methyl/N-ethyl adjacent to an activating group) is 1. The smallest absolute Gasteiger partial charge is 0.284 e. The van der Waals surface area contributed by atoms with Gasteiger partial charge in [0.25, 0.3) is 11.6 Å². The fourth-order valence-electron chi connectivity index (χ4n) is 2.75. The van der Waals surface area contributed by atoms with E-state index in [0.29, 0.717) is 4.90 Å². The highest BCUT2D eigenvalue weighted by molar-refractivity contribution is 7.99. The molecule has 0 unspecified atom stereocenters. The Hall–Kier alpha value is -2.42. The van der Waals surface area contributed by atoms with Crippen molar-refractivity contribution in [1.82, 2.24) is 15.3 Å². The Morgan fingerprint density at radius 3 is 2.41 bits per heavy atom. The highest BCUT2D eigenvalue weighted by Crippen LogP contribution is 2.35. The van der Waals surface area contributed by atoms with Crippen LogP contribution in [0, 0.1) is 17.0 Å². The zero-order chi connectivity index (χ0) is 19.4. The summed E-state index contributed by atoms with van der Waals surface area (Å²) in [6.45, 7) is 5.18. The fourth-order valence-corrected chi connectivity index (χ4v) is 3.65. The van der Waals surface area contributed by atoms with Crippen LogP contribution in [-0.2, 0) is 0 Å². The van der Waals surface area contributed by atoms with Crippen LogP contribution in [0.1, 0.15) is 15.9 Å². The number of piperazine rings is 1. The van der Waals surface area contributed by atoms with Crippen molar-refractivity contribution in [3.63, 3.8) is 0 Å². The van der Waals surface area contributed by atoms with Gasteiger partial charge in [0.1, 0.15) is 0 Å². The number of carbonyl (C=O) groups excluding carboxylic acids is 1. The van der Waals surface area contributed by atoms with Crippen LogP contribution < -0.4 is 5.43 Å². The van der Waals surface area contributed by atoms with Crippen molar-refractivity contribution in [3.8, 4) is 0 Å². The molecule has 0 spiro atoms. The van der Waals surface area contributed by atoms with Gasteiger partial charge in [-0.15, -0.1) is 0 Å². The molecule has 0 saturated carbocycles. The van der Waals surface area contributed by atoms with Crippen molar-refractivity contribution in [2.75, 3.05) is 33.2 Å². The number of benzene rings is 2. The molecular formula is C19H22N4O3S. The SMILES string of the molecule is Cc1ccc(Sc2ccc(C(=O)NN3CCN(C)CC3)cc2[N+](=O)[O-])cc1. The summed E-state index contributed by atoms with van der Waals surface area (Å²) in [6, 6.07) is 12.4. The van der Waals surface area contributed by atoms with Crippen LogP contribution in [0.3, 0.4) is 0 Å². The van der Waals surface area contributed by atoms with E-state index in [4.69, 9.17) is 0 Å². The Morgan fingerprint density at radius 2 is 1.78 bits per heavy atom. The van der Waals surface area contributed by atoms with Gasteiger partial charge in [-0.05, 0) is 38.2 Å². The summed E-state index contributed by atoms with van der Waals surface area (Å²) in [5.74, 6) is -0.325. The number of rotatable bonds is 5. The summed E-state index contributed by atoms with van der Waals surface area (Å²) in [5, 5.41) is 13.4. The standard InChI is InChI=1S/C19H22N4O3S/c1-14-3-6-16(7-4-14)27-18-8-5-15(13-17(18)23(25)26)19(24)20-22-11-9-21(2)10-12-22/h3-8,13H,9-12H2,1-2H3,(H,20,24). The number of aryl methyl sites for hydroxylation is 1. The van der Waals surface area contributed by atoms with Crippen molar-refractivity contribution in [3.05, 3.63) is 63.7 Å². The molecule has 0 aliphatic carbocycles. The molecule has 2 aromatic rings. The Labute approximate surface area is 162 Å². The molecule has 3 rings (SSSR count). The summed E-state index contributed by atoms with van der Waals surface area (Å²) in [5.41, 5.74) is 4.19. The molecule has 0 bridgehead atoms. The van der Waals surface area contributed by atoms with Crippen LogP contribution >= 0.6 is 11.8 Å². The third kappa shape index (κ3) is 5.06. The second-order valence-corrected chi connectivity index (χ2v) is 7.70. The van der Waals surface area contributed by atoms with E-state index in [2.05, 4.69) is 10.3 Å². The quantitative estimate of drug-likeness (QED) is 0.629. The number of nitrogens with one attached hydrogen (secondary N) is 1. The molecule has 1 fully saturated rings. The van der Waals surface area contributed by atoms with Gasteiger partial charge in [0.15, 0.2) is 0 Å². The molecule has 1 N–H and O–H groups in total. The molecule has 2 aromatic carbocycles. The first-order chi connectivity index (χ1) is 12.9. The third-order valence-electron chi connectivity index (χ3n) is 4.43. The highest BCUT2D eigenvalue weighted by atomic mass is 32.2. The molecule has 0 atom stereocenters. The van der Waals surface area contributed by atoms with E-state index in [1.807, 2.05) is 43.2 Å². The van der Waals surface area contributed by atoms with E-state index in [-0.39, 0.29) is 17.2 Å². The number of hydrogen-bond donors (Lipinski definition) is 1. The lowest BCUT2D eigenvalue weighted by Gasteiger charge is -2.32. The zero-order valence-electron chi connectivity index (χ0n) is 15.3. The Morgan fingerprint density at radius 1 is 1.11 bits per heavy atom. The first-order valence-corrected chi connectivity index (χ1v) is 9.51. The largest absolute Gasteiger partial charge is 0.304 e. The maximum Gasteiger partial charge on any atom is 0.284 e. The normalized spacial score (nSPS) is 15.5. The van der Waals surface area contributed by atoms with E-state index in [1.54, 1.807) is 12.1 Å². The molecule has 27 heavy (non-hydrogen) atoms. The number of nitrogens with zero attached hydrogens (tertiary/aromatic N) is 3. The zero-order valence-corrected chi connectivity index (χ0v) is 16.2. The number of carbonyl (C=O) groups is 1. The molecule has 1 aliphatic heterocycles. The Bertz CT molecular complexity index is 833. The van der Waals surface area contributed by atoms with Gasteiger partial charge in [-0.25, -0.2) is 5.01 Å². The molecule has 1 amide bonds. The summed E-state index contributed by atoms with van der Waals surface area (Å²) in [4.78, 5) is 27.2. The number of hydrazine groups is 1. The van der Waals surface area contributed by atoms with E-state index < -0.39 is 4.92 Å². The molecule has 142 valence electrons. The van der Waals surface area contributed by atoms with Crippen LogP contribution in [0.25, 0.3) is 0 Å². The van der Waals surface area contributed by atoms with Gasteiger partial charge in [-0.2, -0.15) is 0 Å². The highest BCUT2D eigenvalue weighted by Gasteiger charge is 2.21. The molecule has 1 aliphatic rings. The number of nitro benzene ring substituents is 1. The van der Waals surface area contributed by atoms with Gasteiger partial charge in [0, 0.05) is 42.7 Å². The minimum Gasteiger partial charge on any atom is -0.304 e. The number of hydrogen-bond acceptors (Lipinski definition) is 6. The van der Waals surface area contributed by atoms with Crippen LogP contribution in [0.4, 0.5) is 5.69 Å². The average molecular weight is 386 g/mol. The monoisotopic (exact) mass is 386 g/mol. The van der Waals surface area contributed by atoms with Crippen molar-refractivity contribution in [2.45, 2.75) is 16.7 Å². The predicted molar refractivity (Wildman–Crippen MR) is 105 cm³/mol. The fraction of sp³-hybridized carbons (Fsp3) is 0.316. The molecule has 1 heterocycles. The van der Waals surface area contributed by atoms with Crippen LogP contribution in [0.15, 0.2) is 52.3 Å². The maximum absolute atomic E-state index is 12.5. The number of nitro groups is 1. The summed E-state index contributed by atoms with van der Waals surface area (Å²) in [7, 11) is 2.03. The molecule has 7 nitrogen and oxygen atoms in total.